The van der Waals surface area contributed by atoms with Crippen molar-refractivity contribution in [3.8, 4) is 0 Å². The smallest absolute Gasteiger partial charge is 0.308 e. The van der Waals surface area contributed by atoms with E-state index in [2.05, 4.69) is 26.8 Å². The van der Waals surface area contributed by atoms with Gasteiger partial charge in [0, 0.05) is 26.4 Å². The molecule has 0 radical (unpaired) electrons. The van der Waals surface area contributed by atoms with Crippen LogP contribution in [0.4, 0.5) is 0 Å². The molecule has 2 aliphatic heterocycles. The fourth-order valence-corrected chi connectivity index (χ4v) is 4.88. The van der Waals surface area contributed by atoms with Crippen LogP contribution in [0.25, 0.3) is 0 Å². The number of carbonyl (C=O) groups is 1. The Morgan fingerprint density at radius 2 is 1.79 bits per heavy atom. The van der Waals surface area contributed by atoms with Crippen molar-refractivity contribution in [2.75, 3.05) is 14.2 Å². The van der Waals surface area contributed by atoms with E-state index in [1.54, 1.807) is 7.11 Å². The summed E-state index contributed by atoms with van der Waals surface area (Å²) in [7, 11) is 3.06. The molecule has 0 aromatic carbocycles. The molecular formula is C26H46O7. The number of aliphatic hydroxyl groups is 2. The quantitative estimate of drug-likeness (QED) is 0.331. The third kappa shape index (κ3) is 10.4. The third-order valence-electron chi connectivity index (χ3n) is 6.85. The second-order valence-corrected chi connectivity index (χ2v) is 10.3. The zero-order chi connectivity index (χ0) is 24.4. The molecule has 0 unspecified atom stereocenters. The van der Waals surface area contributed by atoms with Gasteiger partial charge in [-0.25, -0.2) is 0 Å². The maximum absolute atomic E-state index is 11.6. The van der Waals surface area contributed by atoms with E-state index in [9.17, 15) is 15.0 Å². The van der Waals surface area contributed by atoms with Crippen LogP contribution in [0.3, 0.4) is 0 Å². The first-order valence-electron chi connectivity index (χ1n) is 12.6. The van der Waals surface area contributed by atoms with Gasteiger partial charge in [0.25, 0.3) is 0 Å². The third-order valence-corrected chi connectivity index (χ3v) is 6.85. The molecule has 0 aromatic rings. The molecular weight excluding hydrogens is 424 g/mol. The topological polar surface area (TPSA) is 94.5 Å². The Bertz CT molecular complexity index is 593. The summed E-state index contributed by atoms with van der Waals surface area (Å²) >= 11 is 0. The first kappa shape index (κ1) is 28.2. The molecule has 2 fully saturated rings. The van der Waals surface area contributed by atoms with E-state index in [4.69, 9.17) is 18.9 Å². The van der Waals surface area contributed by atoms with Crippen LogP contribution in [0.2, 0.25) is 0 Å². The lowest BCUT2D eigenvalue weighted by molar-refractivity contribution is -0.153. The summed E-state index contributed by atoms with van der Waals surface area (Å²) in [6.07, 6.45) is 8.63. The molecule has 33 heavy (non-hydrogen) atoms. The van der Waals surface area contributed by atoms with Crippen molar-refractivity contribution in [3.63, 3.8) is 0 Å². The second-order valence-electron chi connectivity index (χ2n) is 10.3. The van der Waals surface area contributed by atoms with Crippen molar-refractivity contribution in [3.05, 3.63) is 12.2 Å². The normalized spacial score (nSPS) is 32.7. The number of aliphatic hydroxyl groups excluding tert-OH is 2. The molecule has 0 amide bonds. The summed E-state index contributed by atoms with van der Waals surface area (Å²) in [5.74, 6) is 0.672. The highest BCUT2D eigenvalue weighted by Crippen LogP contribution is 2.32. The number of allylic oxidation sites excluding steroid dienone is 1. The van der Waals surface area contributed by atoms with Crippen LogP contribution < -0.4 is 0 Å². The van der Waals surface area contributed by atoms with E-state index in [0.29, 0.717) is 37.5 Å². The minimum Gasteiger partial charge on any atom is -0.469 e. The number of hydrogen-bond donors (Lipinski definition) is 2. The molecule has 2 N–H and O–H groups in total. The summed E-state index contributed by atoms with van der Waals surface area (Å²) in [6.45, 7) is 6.54. The Morgan fingerprint density at radius 1 is 1.06 bits per heavy atom. The monoisotopic (exact) mass is 470 g/mol. The number of esters is 1. The van der Waals surface area contributed by atoms with Crippen LogP contribution in [0, 0.1) is 11.8 Å². The molecule has 2 aliphatic rings. The van der Waals surface area contributed by atoms with E-state index < -0.39 is 12.2 Å². The Balaban J connectivity index is 1.86. The average Bonchev–Trinajstić information content (AvgIpc) is 2.74. The average molecular weight is 471 g/mol. The van der Waals surface area contributed by atoms with Crippen LogP contribution in [-0.4, -0.2) is 73.1 Å². The predicted octanol–water partition coefficient (Wildman–Crippen LogP) is 3.79. The van der Waals surface area contributed by atoms with Crippen LogP contribution >= 0.6 is 0 Å². The Morgan fingerprint density at radius 3 is 2.45 bits per heavy atom. The number of ether oxygens (including phenoxy) is 4. The lowest BCUT2D eigenvalue weighted by atomic mass is 9.87. The summed E-state index contributed by atoms with van der Waals surface area (Å²) < 4.78 is 23.0. The largest absolute Gasteiger partial charge is 0.469 e. The van der Waals surface area contributed by atoms with Crippen molar-refractivity contribution in [1.82, 2.24) is 0 Å². The van der Waals surface area contributed by atoms with Gasteiger partial charge in [-0.1, -0.05) is 32.9 Å². The molecule has 7 nitrogen and oxygen atoms in total. The molecule has 0 spiro atoms. The molecule has 2 heterocycles. The zero-order valence-corrected chi connectivity index (χ0v) is 21.2. The maximum Gasteiger partial charge on any atom is 0.308 e. The van der Waals surface area contributed by atoms with Gasteiger partial charge in [-0.3, -0.25) is 4.79 Å². The minimum atomic E-state index is -0.490. The Labute approximate surface area is 199 Å². The number of rotatable bonds is 12. The Hall–Kier alpha value is -0.990. The molecule has 0 saturated carbocycles. The highest BCUT2D eigenvalue weighted by Gasteiger charge is 2.35. The molecule has 2 saturated heterocycles. The SMILES string of the molecule is COC(=O)C[C@H]1C[C@H](O)C[C@@H](C[C@@H](C[C@H]2O[C@H](C[C@@H](O)/C=C\CC(C)C)CC[C@@H]2C)OC)O1. The molecule has 0 aromatic heterocycles. The number of methoxy groups -OCH3 is 2. The summed E-state index contributed by atoms with van der Waals surface area (Å²) in [5, 5.41) is 20.6. The lowest BCUT2D eigenvalue weighted by Crippen LogP contribution is -2.41. The van der Waals surface area contributed by atoms with Gasteiger partial charge in [0.2, 0.25) is 0 Å². The van der Waals surface area contributed by atoms with Gasteiger partial charge >= 0.3 is 5.97 Å². The van der Waals surface area contributed by atoms with Crippen molar-refractivity contribution in [1.29, 1.82) is 0 Å². The van der Waals surface area contributed by atoms with Gasteiger partial charge in [-0.05, 0) is 43.9 Å². The van der Waals surface area contributed by atoms with Gasteiger partial charge in [0.1, 0.15) is 0 Å². The van der Waals surface area contributed by atoms with E-state index >= 15 is 0 Å². The highest BCUT2D eigenvalue weighted by molar-refractivity contribution is 5.69. The lowest BCUT2D eigenvalue weighted by Gasteiger charge is -2.38. The molecule has 0 bridgehead atoms. The van der Waals surface area contributed by atoms with E-state index in [0.717, 1.165) is 25.7 Å². The molecule has 8 atom stereocenters. The molecule has 0 aliphatic carbocycles. The van der Waals surface area contributed by atoms with Gasteiger partial charge in [-0.15, -0.1) is 0 Å². The van der Waals surface area contributed by atoms with E-state index in [-0.39, 0.29) is 42.9 Å². The van der Waals surface area contributed by atoms with Crippen LogP contribution in [-0.2, 0) is 23.7 Å². The van der Waals surface area contributed by atoms with Crippen LogP contribution in [0.1, 0.15) is 78.6 Å². The fraction of sp³-hybridized carbons (Fsp3) is 0.885. The summed E-state index contributed by atoms with van der Waals surface area (Å²) in [4.78, 5) is 11.6. The van der Waals surface area contributed by atoms with E-state index in [1.807, 2.05) is 6.08 Å². The maximum atomic E-state index is 11.6. The zero-order valence-electron chi connectivity index (χ0n) is 21.2. The molecule has 192 valence electrons. The van der Waals surface area contributed by atoms with Crippen molar-refractivity contribution >= 4 is 5.97 Å². The predicted molar refractivity (Wildman–Crippen MR) is 127 cm³/mol. The summed E-state index contributed by atoms with van der Waals surface area (Å²) in [5.41, 5.74) is 0. The van der Waals surface area contributed by atoms with Gasteiger partial charge in [0.05, 0.1) is 56.3 Å². The summed E-state index contributed by atoms with van der Waals surface area (Å²) in [6, 6.07) is 0. The van der Waals surface area contributed by atoms with E-state index in [1.165, 1.54) is 7.11 Å². The first-order valence-corrected chi connectivity index (χ1v) is 12.6. The Kier molecular flexibility index (Phi) is 12.3. The second kappa shape index (κ2) is 14.4. The first-order chi connectivity index (χ1) is 15.7. The molecule has 2 rings (SSSR count). The molecule has 7 heteroatoms. The van der Waals surface area contributed by atoms with Gasteiger partial charge in [-0.2, -0.15) is 0 Å². The number of hydrogen-bond acceptors (Lipinski definition) is 7. The van der Waals surface area contributed by atoms with Crippen LogP contribution in [0.5, 0.6) is 0 Å². The minimum absolute atomic E-state index is 0.0413. The standard InChI is InChI=1S/C26H46O7/c1-17(2)7-6-8-19(27)11-21-10-9-18(3)25(33-21)15-22(30-4)14-23-12-20(28)13-24(32-23)16-26(29)31-5/h6,8,17-25,27-28H,7,9-16H2,1-5H3/b8-6-/t18-,19-,20+,21-,22-,23-,24+,25+/m0/s1. The van der Waals surface area contributed by atoms with Gasteiger partial charge < -0.3 is 29.2 Å². The van der Waals surface area contributed by atoms with Crippen LogP contribution in [0.15, 0.2) is 12.2 Å². The highest BCUT2D eigenvalue weighted by atomic mass is 16.5. The van der Waals surface area contributed by atoms with Crippen molar-refractivity contribution < 1.29 is 34.0 Å². The van der Waals surface area contributed by atoms with Crippen molar-refractivity contribution in [2.45, 2.75) is 121 Å². The van der Waals surface area contributed by atoms with Gasteiger partial charge in [0.15, 0.2) is 0 Å². The number of carbonyl (C=O) groups excluding carboxylic acids is 1. The van der Waals surface area contributed by atoms with Crippen molar-refractivity contribution in [2.24, 2.45) is 11.8 Å². The fourth-order valence-electron chi connectivity index (χ4n) is 4.88.